The Hall–Kier alpha value is -0.930. The fourth-order valence-electron chi connectivity index (χ4n) is 1.01. The highest BCUT2D eigenvalue weighted by Crippen LogP contribution is 2.21. The number of carbonyl (C=O) groups is 1. The van der Waals surface area contributed by atoms with Crippen molar-refractivity contribution in [1.29, 1.82) is 0 Å². The number of allylic oxidation sites excluding steroid dienone is 2. The van der Waals surface area contributed by atoms with Crippen LogP contribution in [0, 0.1) is 5.92 Å². The molecule has 60 valence electrons. The Kier molecular flexibility index (Phi) is 2.22. The fourth-order valence-corrected chi connectivity index (χ4v) is 1.01. The summed E-state index contributed by atoms with van der Waals surface area (Å²) in [6.45, 7) is -0.433. The van der Waals surface area contributed by atoms with E-state index in [1.807, 2.05) is 0 Å². The van der Waals surface area contributed by atoms with Crippen molar-refractivity contribution < 1.29 is 15.0 Å². The zero-order valence-corrected chi connectivity index (χ0v) is 5.97. The highest BCUT2D eigenvalue weighted by atomic mass is 16.3. The first-order valence-corrected chi connectivity index (χ1v) is 3.37. The van der Waals surface area contributed by atoms with Crippen LogP contribution >= 0.6 is 0 Å². The van der Waals surface area contributed by atoms with Crippen molar-refractivity contribution in [2.45, 2.75) is 5.60 Å². The topological polar surface area (TPSA) is 57.5 Å². The molecular formula is C8H10O3. The van der Waals surface area contributed by atoms with E-state index in [0.29, 0.717) is 6.29 Å². The molecule has 0 fully saturated rings. The number of hydrogen-bond acceptors (Lipinski definition) is 3. The highest BCUT2D eigenvalue weighted by molar-refractivity contribution is 5.61. The van der Waals surface area contributed by atoms with Crippen LogP contribution in [0.15, 0.2) is 24.3 Å². The normalized spacial score (nSPS) is 35.6. The van der Waals surface area contributed by atoms with Gasteiger partial charge in [-0.25, -0.2) is 0 Å². The van der Waals surface area contributed by atoms with Crippen LogP contribution in [0.5, 0.6) is 0 Å². The number of aliphatic hydroxyl groups excluding tert-OH is 1. The van der Waals surface area contributed by atoms with Crippen LogP contribution in [-0.4, -0.2) is 28.7 Å². The third-order valence-corrected chi connectivity index (χ3v) is 1.79. The van der Waals surface area contributed by atoms with Crippen LogP contribution in [0.2, 0.25) is 0 Å². The SMILES string of the molecule is O=CC1C=CC=CC1(O)CO. The predicted molar refractivity (Wildman–Crippen MR) is 39.9 cm³/mol. The second-order valence-electron chi connectivity index (χ2n) is 2.56. The van der Waals surface area contributed by atoms with E-state index in [2.05, 4.69) is 0 Å². The van der Waals surface area contributed by atoms with Crippen molar-refractivity contribution in [2.75, 3.05) is 6.61 Å². The van der Waals surface area contributed by atoms with Crippen LogP contribution in [0.3, 0.4) is 0 Å². The molecule has 2 unspecified atom stereocenters. The molecule has 1 aliphatic carbocycles. The maximum Gasteiger partial charge on any atom is 0.130 e. The quantitative estimate of drug-likeness (QED) is 0.534. The van der Waals surface area contributed by atoms with E-state index in [1.54, 1.807) is 18.2 Å². The Morgan fingerprint density at radius 2 is 2.27 bits per heavy atom. The van der Waals surface area contributed by atoms with Crippen molar-refractivity contribution in [3.63, 3.8) is 0 Å². The molecule has 3 nitrogen and oxygen atoms in total. The molecule has 11 heavy (non-hydrogen) atoms. The maximum atomic E-state index is 10.4. The molecule has 0 amide bonds. The lowest BCUT2D eigenvalue weighted by Gasteiger charge is -2.27. The first-order chi connectivity index (χ1) is 5.23. The van der Waals surface area contributed by atoms with Crippen LogP contribution < -0.4 is 0 Å². The Bertz CT molecular complexity index is 207. The van der Waals surface area contributed by atoms with E-state index in [1.165, 1.54) is 6.08 Å². The molecule has 0 bridgehead atoms. The number of hydrogen-bond donors (Lipinski definition) is 2. The zero-order chi connectivity index (χ0) is 8.32. The lowest BCUT2D eigenvalue weighted by Crippen LogP contribution is -2.40. The minimum Gasteiger partial charge on any atom is -0.393 e. The standard InChI is InChI=1S/C8H10O3/c9-5-7-3-1-2-4-8(7,11)6-10/h1-5,7,10-11H,6H2. The van der Waals surface area contributed by atoms with Crippen molar-refractivity contribution in [3.8, 4) is 0 Å². The molecule has 0 aromatic heterocycles. The molecule has 2 N–H and O–H groups in total. The van der Waals surface area contributed by atoms with Gasteiger partial charge in [0.2, 0.25) is 0 Å². The highest BCUT2D eigenvalue weighted by Gasteiger charge is 2.32. The van der Waals surface area contributed by atoms with E-state index in [9.17, 15) is 9.90 Å². The first kappa shape index (κ1) is 8.17. The second-order valence-corrected chi connectivity index (χ2v) is 2.56. The third-order valence-electron chi connectivity index (χ3n) is 1.79. The lowest BCUT2D eigenvalue weighted by molar-refractivity contribution is -0.116. The minimum absolute atomic E-state index is 0.433. The van der Waals surface area contributed by atoms with E-state index in [-0.39, 0.29) is 0 Å². The predicted octanol–water partition coefficient (Wildman–Crippen LogP) is -0.349. The molecule has 0 saturated heterocycles. The van der Waals surface area contributed by atoms with Gasteiger partial charge in [-0.15, -0.1) is 0 Å². The first-order valence-electron chi connectivity index (χ1n) is 3.37. The van der Waals surface area contributed by atoms with Gasteiger partial charge in [0.15, 0.2) is 0 Å². The average molecular weight is 154 g/mol. The van der Waals surface area contributed by atoms with Crippen molar-refractivity contribution >= 4 is 6.29 Å². The molecule has 1 aliphatic rings. The Morgan fingerprint density at radius 3 is 2.73 bits per heavy atom. The van der Waals surface area contributed by atoms with Crippen LogP contribution in [-0.2, 0) is 4.79 Å². The Morgan fingerprint density at radius 1 is 1.55 bits per heavy atom. The molecule has 0 saturated carbocycles. The summed E-state index contributed by atoms with van der Waals surface area (Å²) in [5.74, 6) is -0.627. The summed E-state index contributed by atoms with van der Waals surface area (Å²) in [7, 11) is 0. The average Bonchev–Trinajstić information content (AvgIpc) is 2.05. The van der Waals surface area contributed by atoms with Gasteiger partial charge in [-0.05, 0) is 6.08 Å². The summed E-state index contributed by atoms with van der Waals surface area (Å²) in [5.41, 5.74) is -1.39. The van der Waals surface area contributed by atoms with E-state index < -0.39 is 18.1 Å². The maximum absolute atomic E-state index is 10.4. The molecule has 0 aromatic carbocycles. The lowest BCUT2D eigenvalue weighted by atomic mass is 9.86. The van der Waals surface area contributed by atoms with Gasteiger partial charge in [-0.1, -0.05) is 18.2 Å². The molecule has 0 aliphatic heterocycles. The fraction of sp³-hybridized carbons (Fsp3) is 0.375. The summed E-state index contributed by atoms with van der Waals surface area (Å²) < 4.78 is 0. The van der Waals surface area contributed by atoms with Crippen LogP contribution in [0.1, 0.15) is 0 Å². The van der Waals surface area contributed by atoms with Gasteiger partial charge in [0.1, 0.15) is 11.9 Å². The minimum atomic E-state index is -1.39. The zero-order valence-electron chi connectivity index (χ0n) is 5.97. The molecule has 0 radical (unpaired) electrons. The summed E-state index contributed by atoms with van der Waals surface area (Å²) >= 11 is 0. The summed E-state index contributed by atoms with van der Waals surface area (Å²) in [4.78, 5) is 10.4. The van der Waals surface area contributed by atoms with Gasteiger partial charge in [0.05, 0.1) is 12.5 Å². The molecule has 3 heteroatoms. The molecule has 1 rings (SSSR count). The second kappa shape index (κ2) is 2.98. The van der Waals surface area contributed by atoms with Crippen molar-refractivity contribution in [1.82, 2.24) is 0 Å². The summed E-state index contributed by atoms with van der Waals surface area (Å²) in [6, 6.07) is 0. The van der Waals surface area contributed by atoms with Crippen molar-refractivity contribution in [2.24, 2.45) is 5.92 Å². The molecule has 0 spiro atoms. The smallest absolute Gasteiger partial charge is 0.130 e. The van der Waals surface area contributed by atoms with Gasteiger partial charge in [-0.3, -0.25) is 0 Å². The Labute approximate surface area is 64.7 Å². The van der Waals surface area contributed by atoms with Crippen LogP contribution in [0.4, 0.5) is 0 Å². The molecule has 0 aromatic rings. The molecule has 2 atom stereocenters. The van der Waals surface area contributed by atoms with Gasteiger partial charge in [0, 0.05) is 0 Å². The van der Waals surface area contributed by atoms with Gasteiger partial charge < -0.3 is 15.0 Å². The number of carbonyl (C=O) groups excluding carboxylic acids is 1. The van der Waals surface area contributed by atoms with Crippen molar-refractivity contribution in [3.05, 3.63) is 24.3 Å². The van der Waals surface area contributed by atoms with E-state index in [0.717, 1.165) is 0 Å². The largest absolute Gasteiger partial charge is 0.393 e. The summed E-state index contributed by atoms with van der Waals surface area (Å²) in [6.07, 6.45) is 6.88. The van der Waals surface area contributed by atoms with E-state index >= 15 is 0 Å². The van der Waals surface area contributed by atoms with Crippen LogP contribution in [0.25, 0.3) is 0 Å². The Balaban J connectivity index is 2.85. The van der Waals surface area contributed by atoms with Gasteiger partial charge in [-0.2, -0.15) is 0 Å². The third kappa shape index (κ3) is 1.39. The van der Waals surface area contributed by atoms with Gasteiger partial charge >= 0.3 is 0 Å². The molecule has 0 heterocycles. The monoisotopic (exact) mass is 154 g/mol. The number of aliphatic hydroxyl groups is 2. The van der Waals surface area contributed by atoms with Gasteiger partial charge in [0.25, 0.3) is 0 Å². The van der Waals surface area contributed by atoms with E-state index in [4.69, 9.17) is 5.11 Å². The summed E-state index contributed by atoms with van der Waals surface area (Å²) in [5, 5.41) is 18.3. The number of aldehydes is 1. The molecular weight excluding hydrogens is 144 g/mol. The number of rotatable bonds is 2.